The van der Waals surface area contributed by atoms with Crippen molar-refractivity contribution in [3.05, 3.63) is 30.1 Å². The van der Waals surface area contributed by atoms with Crippen LogP contribution < -0.4 is 5.32 Å². The zero-order valence-electron chi connectivity index (χ0n) is 9.21. The van der Waals surface area contributed by atoms with Gasteiger partial charge >= 0.3 is 0 Å². The van der Waals surface area contributed by atoms with Crippen LogP contribution >= 0.6 is 0 Å². The Bertz CT molecular complexity index is 357. The maximum atomic E-state index is 12.6. The van der Waals surface area contributed by atoms with E-state index in [0.29, 0.717) is 0 Å². The summed E-state index contributed by atoms with van der Waals surface area (Å²) in [4.78, 5) is 0. The van der Waals surface area contributed by atoms with Gasteiger partial charge in [0.1, 0.15) is 11.9 Å². The van der Waals surface area contributed by atoms with Crippen LogP contribution in [-0.2, 0) is 0 Å². The zero-order chi connectivity index (χ0) is 11.5. The topological polar surface area (TPSA) is 35.8 Å². The summed E-state index contributed by atoms with van der Waals surface area (Å²) in [5.74, 6) is -0.273. The van der Waals surface area contributed by atoms with Crippen LogP contribution in [0.5, 0.6) is 0 Å². The molecule has 0 heterocycles. The molecule has 0 aliphatic rings. The van der Waals surface area contributed by atoms with Crippen molar-refractivity contribution in [3.8, 4) is 6.07 Å². The normalized spacial score (nSPS) is 13.0. The maximum absolute atomic E-state index is 12.6. The van der Waals surface area contributed by atoms with E-state index in [-0.39, 0.29) is 17.3 Å². The first kappa shape index (κ1) is 11.5. The van der Waals surface area contributed by atoms with Gasteiger partial charge in [0.2, 0.25) is 0 Å². The van der Waals surface area contributed by atoms with Gasteiger partial charge in [-0.15, -0.1) is 0 Å². The summed E-state index contributed by atoms with van der Waals surface area (Å²) in [7, 11) is 0. The van der Waals surface area contributed by atoms with Gasteiger partial charge in [-0.2, -0.15) is 5.26 Å². The highest BCUT2D eigenvalue weighted by atomic mass is 19.1. The average Bonchev–Trinajstić information content (AvgIpc) is 2.15. The fourth-order valence-electron chi connectivity index (χ4n) is 1.16. The van der Waals surface area contributed by atoms with Crippen LogP contribution in [-0.4, -0.2) is 6.04 Å². The molecule has 1 N–H and O–H groups in total. The molecule has 3 heteroatoms. The molecule has 0 saturated carbocycles. The smallest absolute Gasteiger partial charge is 0.123 e. The van der Waals surface area contributed by atoms with Crippen LogP contribution in [0.2, 0.25) is 0 Å². The quantitative estimate of drug-likeness (QED) is 0.806. The van der Waals surface area contributed by atoms with Crippen LogP contribution in [0.15, 0.2) is 24.3 Å². The van der Waals surface area contributed by atoms with Crippen molar-refractivity contribution >= 4 is 5.69 Å². The number of nitrogens with zero attached hydrogens (tertiary/aromatic N) is 1. The first-order chi connectivity index (χ1) is 6.93. The van der Waals surface area contributed by atoms with Gasteiger partial charge in [-0.3, -0.25) is 0 Å². The lowest BCUT2D eigenvalue weighted by Gasteiger charge is -2.26. The Morgan fingerprint density at radius 2 is 1.80 bits per heavy atom. The second-order valence-electron chi connectivity index (χ2n) is 4.58. The number of anilines is 1. The minimum absolute atomic E-state index is 0.150. The first-order valence-electron chi connectivity index (χ1n) is 4.85. The zero-order valence-corrected chi connectivity index (χ0v) is 9.21. The molecule has 80 valence electrons. The van der Waals surface area contributed by atoms with E-state index in [2.05, 4.69) is 11.4 Å². The van der Waals surface area contributed by atoms with Gasteiger partial charge in [-0.25, -0.2) is 4.39 Å². The molecule has 0 aliphatic heterocycles. The Morgan fingerprint density at radius 1 is 1.27 bits per heavy atom. The summed E-state index contributed by atoms with van der Waals surface area (Å²) < 4.78 is 12.6. The van der Waals surface area contributed by atoms with Crippen LogP contribution in [0.1, 0.15) is 20.8 Å². The van der Waals surface area contributed by atoms with E-state index in [4.69, 9.17) is 5.26 Å². The summed E-state index contributed by atoms with van der Waals surface area (Å²) in [5, 5.41) is 12.1. The van der Waals surface area contributed by atoms with Crippen molar-refractivity contribution in [2.75, 3.05) is 5.32 Å². The molecule has 0 fully saturated rings. The summed E-state index contributed by atoms with van der Waals surface area (Å²) in [6.07, 6.45) is 0. The van der Waals surface area contributed by atoms with Gasteiger partial charge in [0, 0.05) is 5.69 Å². The van der Waals surface area contributed by atoms with Crippen LogP contribution in [0, 0.1) is 22.6 Å². The first-order valence-corrected chi connectivity index (χ1v) is 4.85. The van der Waals surface area contributed by atoms with E-state index < -0.39 is 0 Å². The number of nitriles is 1. The van der Waals surface area contributed by atoms with Gasteiger partial charge in [-0.05, 0) is 29.7 Å². The Morgan fingerprint density at radius 3 is 2.20 bits per heavy atom. The second kappa shape index (κ2) is 4.31. The molecule has 2 nitrogen and oxygen atoms in total. The lowest BCUT2D eigenvalue weighted by Crippen LogP contribution is -2.32. The Kier molecular flexibility index (Phi) is 3.31. The molecular weight excluding hydrogens is 191 g/mol. The van der Waals surface area contributed by atoms with Crippen molar-refractivity contribution in [1.82, 2.24) is 0 Å². The predicted molar refractivity (Wildman–Crippen MR) is 58.9 cm³/mol. The van der Waals surface area contributed by atoms with Crippen molar-refractivity contribution in [2.24, 2.45) is 5.41 Å². The molecular formula is C12H15FN2. The third-order valence-corrected chi connectivity index (χ3v) is 2.15. The Balaban J connectivity index is 2.77. The third-order valence-electron chi connectivity index (χ3n) is 2.15. The molecule has 0 aliphatic carbocycles. The van der Waals surface area contributed by atoms with Crippen molar-refractivity contribution < 1.29 is 4.39 Å². The van der Waals surface area contributed by atoms with Gasteiger partial charge in [-0.1, -0.05) is 20.8 Å². The predicted octanol–water partition coefficient (Wildman–Crippen LogP) is 3.18. The molecule has 0 saturated heterocycles. The second-order valence-corrected chi connectivity index (χ2v) is 4.58. The molecule has 1 unspecified atom stereocenters. The molecule has 0 spiro atoms. The van der Waals surface area contributed by atoms with E-state index >= 15 is 0 Å². The Hall–Kier alpha value is -1.56. The SMILES string of the molecule is CC(C)(C)C(C#N)Nc1ccc(F)cc1. The average molecular weight is 206 g/mol. The van der Waals surface area contributed by atoms with Gasteiger partial charge in [0.15, 0.2) is 0 Å². The van der Waals surface area contributed by atoms with Crippen LogP contribution in [0.25, 0.3) is 0 Å². The highest BCUT2D eigenvalue weighted by molar-refractivity contribution is 5.45. The van der Waals surface area contributed by atoms with E-state index in [1.807, 2.05) is 20.8 Å². The van der Waals surface area contributed by atoms with Gasteiger partial charge < -0.3 is 5.32 Å². The number of nitrogens with one attached hydrogen (secondary N) is 1. The minimum Gasteiger partial charge on any atom is -0.369 e. The van der Waals surface area contributed by atoms with Crippen LogP contribution in [0.3, 0.4) is 0 Å². The van der Waals surface area contributed by atoms with Crippen molar-refractivity contribution in [3.63, 3.8) is 0 Å². The molecule has 0 amide bonds. The molecule has 0 aromatic heterocycles. The molecule has 15 heavy (non-hydrogen) atoms. The van der Waals surface area contributed by atoms with E-state index in [9.17, 15) is 4.39 Å². The molecule has 1 aromatic carbocycles. The molecule has 0 radical (unpaired) electrons. The number of halogens is 1. The van der Waals surface area contributed by atoms with Crippen molar-refractivity contribution in [2.45, 2.75) is 26.8 Å². The van der Waals surface area contributed by atoms with Gasteiger partial charge in [0.05, 0.1) is 6.07 Å². The monoisotopic (exact) mass is 206 g/mol. The molecule has 1 atom stereocenters. The molecule has 0 bridgehead atoms. The standard InChI is InChI=1S/C12H15FN2/c1-12(2,3)11(8-14)15-10-6-4-9(13)5-7-10/h4-7,11,15H,1-3H3. The van der Waals surface area contributed by atoms with E-state index in [0.717, 1.165) is 5.69 Å². The highest BCUT2D eigenvalue weighted by Crippen LogP contribution is 2.22. The van der Waals surface area contributed by atoms with E-state index in [1.165, 1.54) is 12.1 Å². The van der Waals surface area contributed by atoms with Crippen molar-refractivity contribution in [1.29, 1.82) is 5.26 Å². The van der Waals surface area contributed by atoms with E-state index in [1.54, 1.807) is 12.1 Å². The largest absolute Gasteiger partial charge is 0.369 e. The third kappa shape index (κ3) is 3.25. The number of hydrogen-bond donors (Lipinski definition) is 1. The minimum atomic E-state index is -0.289. The van der Waals surface area contributed by atoms with Crippen LogP contribution in [0.4, 0.5) is 10.1 Å². The lowest BCUT2D eigenvalue weighted by atomic mass is 9.87. The fraction of sp³-hybridized carbons (Fsp3) is 0.417. The maximum Gasteiger partial charge on any atom is 0.123 e. The lowest BCUT2D eigenvalue weighted by molar-refractivity contribution is 0.390. The summed E-state index contributed by atoms with van der Waals surface area (Å²) in [6.45, 7) is 5.95. The van der Waals surface area contributed by atoms with Gasteiger partial charge in [0.25, 0.3) is 0 Å². The number of rotatable bonds is 2. The number of hydrogen-bond acceptors (Lipinski definition) is 2. The Labute approximate surface area is 89.7 Å². The summed E-state index contributed by atoms with van der Waals surface area (Å²) >= 11 is 0. The molecule has 1 aromatic rings. The summed E-state index contributed by atoms with van der Waals surface area (Å²) in [6, 6.07) is 7.92. The fourth-order valence-corrected chi connectivity index (χ4v) is 1.16. The number of benzene rings is 1. The summed E-state index contributed by atoms with van der Waals surface area (Å²) in [5.41, 5.74) is 0.612. The molecule has 1 rings (SSSR count). The highest BCUT2D eigenvalue weighted by Gasteiger charge is 2.23.